The molecule has 46 heavy (non-hydrogen) atoms. The second-order valence-electron chi connectivity index (χ2n) is 10.7. The molecule has 0 aliphatic carbocycles. The topological polar surface area (TPSA) is 78.5 Å². The minimum atomic E-state index is -0.551. The van der Waals surface area contributed by atoms with Crippen LogP contribution in [0.4, 0.5) is 21.5 Å². The molecule has 2 N–H and O–H groups in total. The number of fused-ring (bicyclic) bond motifs is 2. The van der Waals surface area contributed by atoms with E-state index in [4.69, 9.17) is 0 Å². The minimum absolute atomic E-state index is 0.00723. The lowest BCUT2D eigenvalue weighted by atomic mass is 10.0. The number of amides is 3. The van der Waals surface area contributed by atoms with Crippen molar-refractivity contribution in [2.45, 2.75) is 17.7 Å². The second kappa shape index (κ2) is 14.1. The van der Waals surface area contributed by atoms with Gasteiger partial charge in [0, 0.05) is 16.1 Å². The van der Waals surface area contributed by atoms with E-state index in [1.807, 2.05) is 47.4 Å². The van der Waals surface area contributed by atoms with Crippen molar-refractivity contribution in [2.24, 2.45) is 0 Å². The highest BCUT2D eigenvalue weighted by atomic mass is 32.2. The Balaban J connectivity index is 1.19. The number of rotatable bonds is 8. The SMILES string of the molecule is O=C(Nc1cccc(SCC(=O)N2c3ccccc3CCc3ccccc32)c1)/C(=C/c1ccc(F)cc1)NC(=O)c1ccccc1. The Labute approximate surface area is 271 Å². The Hall–Kier alpha value is -5.47. The third-order valence-electron chi connectivity index (χ3n) is 7.54. The average Bonchev–Trinajstić information content (AvgIpc) is 3.25. The van der Waals surface area contributed by atoms with E-state index in [9.17, 15) is 18.8 Å². The fraction of sp³-hybridized carbons (Fsp3) is 0.0789. The molecule has 5 aromatic carbocycles. The van der Waals surface area contributed by atoms with Gasteiger partial charge in [-0.25, -0.2) is 4.39 Å². The van der Waals surface area contributed by atoms with Crippen LogP contribution in [0, 0.1) is 5.82 Å². The highest BCUT2D eigenvalue weighted by Crippen LogP contribution is 2.37. The molecule has 6 nitrogen and oxygen atoms in total. The number of hydrogen-bond acceptors (Lipinski definition) is 4. The lowest BCUT2D eigenvalue weighted by molar-refractivity contribution is -0.115. The van der Waals surface area contributed by atoms with E-state index < -0.39 is 17.6 Å². The van der Waals surface area contributed by atoms with Crippen LogP contribution in [0.5, 0.6) is 0 Å². The molecule has 0 radical (unpaired) electrons. The molecule has 0 bridgehead atoms. The van der Waals surface area contributed by atoms with Crippen molar-refractivity contribution in [3.05, 3.63) is 161 Å². The summed E-state index contributed by atoms with van der Waals surface area (Å²) in [7, 11) is 0. The number of thioether (sulfide) groups is 1. The van der Waals surface area contributed by atoms with Crippen LogP contribution < -0.4 is 15.5 Å². The van der Waals surface area contributed by atoms with Crippen molar-refractivity contribution in [1.29, 1.82) is 0 Å². The number of halogens is 1. The fourth-order valence-corrected chi connectivity index (χ4v) is 6.09. The van der Waals surface area contributed by atoms with Gasteiger partial charge in [-0.1, -0.05) is 72.8 Å². The molecule has 0 spiro atoms. The van der Waals surface area contributed by atoms with Crippen molar-refractivity contribution < 1.29 is 18.8 Å². The van der Waals surface area contributed by atoms with Gasteiger partial charge in [-0.3, -0.25) is 19.3 Å². The number of nitrogens with one attached hydrogen (secondary N) is 2. The predicted molar refractivity (Wildman–Crippen MR) is 182 cm³/mol. The minimum Gasteiger partial charge on any atom is -0.321 e. The Morgan fingerprint density at radius 3 is 2.04 bits per heavy atom. The van der Waals surface area contributed by atoms with E-state index in [1.165, 1.54) is 42.1 Å². The molecule has 3 amide bonds. The molecule has 8 heteroatoms. The molecule has 6 rings (SSSR count). The Morgan fingerprint density at radius 2 is 1.37 bits per heavy atom. The summed E-state index contributed by atoms with van der Waals surface area (Å²) >= 11 is 1.38. The van der Waals surface area contributed by atoms with Crippen molar-refractivity contribution in [1.82, 2.24) is 5.32 Å². The van der Waals surface area contributed by atoms with Crippen molar-refractivity contribution in [2.75, 3.05) is 16.0 Å². The number of aryl methyl sites for hydroxylation is 2. The molecule has 1 aliphatic rings. The highest BCUT2D eigenvalue weighted by Gasteiger charge is 2.25. The van der Waals surface area contributed by atoms with E-state index in [2.05, 4.69) is 22.8 Å². The smallest absolute Gasteiger partial charge is 0.272 e. The van der Waals surface area contributed by atoms with Gasteiger partial charge in [0.2, 0.25) is 5.91 Å². The average molecular weight is 628 g/mol. The van der Waals surface area contributed by atoms with Crippen LogP contribution >= 0.6 is 11.8 Å². The van der Waals surface area contributed by atoms with E-state index >= 15 is 0 Å². The number of hydrogen-bond donors (Lipinski definition) is 2. The first-order valence-electron chi connectivity index (χ1n) is 14.8. The van der Waals surface area contributed by atoms with Gasteiger partial charge in [-0.15, -0.1) is 11.8 Å². The molecule has 0 aromatic heterocycles. The summed E-state index contributed by atoms with van der Waals surface area (Å²) in [6, 6.07) is 37.4. The van der Waals surface area contributed by atoms with Gasteiger partial charge in [0.05, 0.1) is 17.1 Å². The summed E-state index contributed by atoms with van der Waals surface area (Å²) in [5.74, 6) is -1.28. The van der Waals surface area contributed by atoms with Crippen molar-refractivity contribution in [3.63, 3.8) is 0 Å². The lowest BCUT2D eigenvalue weighted by Gasteiger charge is -2.25. The molecular weight excluding hydrogens is 598 g/mol. The third kappa shape index (κ3) is 7.25. The van der Waals surface area contributed by atoms with Gasteiger partial charge >= 0.3 is 0 Å². The van der Waals surface area contributed by atoms with Crippen molar-refractivity contribution >= 4 is 52.6 Å². The van der Waals surface area contributed by atoms with E-state index in [1.54, 1.807) is 48.5 Å². The second-order valence-corrected chi connectivity index (χ2v) is 11.7. The monoisotopic (exact) mass is 627 g/mol. The third-order valence-corrected chi connectivity index (χ3v) is 8.52. The van der Waals surface area contributed by atoms with Gasteiger partial charge in [0.15, 0.2) is 0 Å². The largest absolute Gasteiger partial charge is 0.321 e. The Bertz CT molecular complexity index is 1880. The number of para-hydroxylation sites is 2. The van der Waals surface area contributed by atoms with Crippen LogP contribution in [0.15, 0.2) is 138 Å². The zero-order chi connectivity index (χ0) is 31.9. The predicted octanol–water partition coefficient (Wildman–Crippen LogP) is 7.79. The van der Waals surface area contributed by atoms with E-state index in [0.717, 1.165) is 40.2 Å². The Kier molecular flexibility index (Phi) is 9.36. The van der Waals surface area contributed by atoms with Gasteiger partial charge in [-0.2, -0.15) is 0 Å². The van der Waals surface area contributed by atoms with Crippen LogP contribution in [-0.4, -0.2) is 23.5 Å². The lowest BCUT2D eigenvalue weighted by Crippen LogP contribution is -2.30. The number of benzene rings is 5. The number of nitrogens with zero attached hydrogens (tertiary/aromatic N) is 1. The molecular formula is C38H30FN3O3S. The first kappa shape index (κ1) is 30.6. The fourth-order valence-electron chi connectivity index (χ4n) is 5.29. The maximum absolute atomic E-state index is 13.8. The highest BCUT2D eigenvalue weighted by molar-refractivity contribution is 8.00. The van der Waals surface area contributed by atoms with Crippen LogP contribution in [0.25, 0.3) is 6.08 Å². The first-order chi connectivity index (χ1) is 22.4. The van der Waals surface area contributed by atoms with Gasteiger partial charge < -0.3 is 10.6 Å². The first-order valence-corrected chi connectivity index (χ1v) is 15.8. The van der Waals surface area contributed by atoms with Gasteiger partial charge in [-0.05, 0) is 90.2 Å². The molecule has 0 saturated heterocycles. The molecule has 1 aliphatic heterocycles. The summed E-state index contributed by atoms with van der Waals surface area (Å²) in [6.45, 7) is 0. The normalized spacial score (nSPS) is 12.4. The van der Waals surface area contributed by atoms with Gasteiger partial charge in [0.25, 0.3) is 11.8 Å². The zero-order valence-electron chi connectivity index (χ0n) is 24.8. The molecule has 1 heterocycles. The van der Waals surface area contributed by atoms with Gasteiger partial charge in [0.1, 0.15) is 11.5 Å². The van der Waals surface area contributed by atoms with Crippen LogP contribution in [0.1, 0.15) is 27.0 Å². The summed E-state index contributed by atoms with van der Waals surface area (Å²) in [4.78, 5) is 42.8. The molecule has 0 unspecified atom stereocenters. The van der Waals surface area contributed by atoms with Crippen LogP contribution in [-0.2, 0) is 22.4 Å². The molecule has 0 saturated carbocycles. The molecule has 228 valence electrons. The molecule has 5 aromatic rings. The summed E-state index contributed by atoms with van der Waals surface area (Å²) in [6.07, 6.45) is 3.20. The van der Waals surface area contributed by atoms with Crippen molar-refractivity contribution in [3.8, 4) is 0 Å². The standard InChI is InChI=1S/C38H30FN3O3S/c39-30-21-17-26(18-22-30)23-33(41-37(44)29-11-2-1-3-12-29)38(45)40-31-13-8-14-32(24-31)46-25-36(43)42-34-15-6-4-9-27(34)19-20-28-10-5-7-16-35(28)42/h1-18,21-24H,19-20,25H2,(H,40,45)(H,41,44)/b33-23-. The molecule has 0 atom stereocenters. The van der Waals surface area contributed by atoms with E-state index in [0.29, 0.717) is 16.8 Å². The van der Waals surface area contributed by atoms with E-state index in [-0.39, 0.29) is 17.4 Å². The quantitative estimate of drug-likeness (QED) is 0.136. The Morgan fingerprint density at radius 1 is 0.739 bits per heavy atom. The number of carbonyl (C=O) groups is 3. The molecule has 0 fully saturated rings. The van der Waals surface area contributed by atoms with Crippen LogP contribution in [0.3, 0.4) is 0 Å². The summed E-state index contributed by atoms with van der Waals surface area (Å²) < 4.78 is 13.5. The zero-order valence-corrected chi connectivity index (χ0v) is 25.6. The van der Waals surface area contributed by atoms with Crippen LogP contribution in [0.2, 0.25) is 0 Å². The number of carbonyl (C=O) groups excluding carboxylic acids is 3. The summed E-state index contributed by atoms with van der Waals surface area (Å²) in [5, 5.41) is 5.54. The maximum Gasteiger partial charge on any atom is 0.272 e. The maximum atomic E-state index is 13.8. The summed E-state index contributed by atoms with van der Waals surface area (Å²) in [5.41, 5.74) is 5.47. The number of anilines is 3.